The zero-order valence-corrected chi connectivity index (χ0v) is 13.2. The van der Waals surface area contributed by atoms with Gasteiger partial charge in [-0.05, 0) is 37.6 Å². The fourth-order valence-electron chi connectivity index (χ4n) is 2.42. The summed E-state index contributed by atoms with van der Waals surface area (Å²) in [5.41, 5.74) is 4.18. The van der Waals surface area contributed by atoms with Crippen LogP contribution in [0.4, 0.5) is 0 Å². The van der Waals surface area contributed by atoms with Crippen LogP contribution in [-0.4, -0.2) is 14.5 Å². The molecule has 3 aromatic rings. The minimum absolute atomic E-state index is 0.471. The van der Waals surface area contributed by atoms with Crippen molar-refractivity contribution in [3.8, 4) is 11.3 Å². The van der Waals surface area contributed by atoms with Crippen LogP contribution in [0.2, 0.25) is 10.0 Å². The molecule has 0 aliphatic rings. The highest BCUT2D eigenvalue weighted by Crippen LogP contribution is 2.33. The van der Waals surface area contributed by atoms with Crippen molar-refractivity contribution in [1.29, 1.82) is 0 Å². The van der Waals surface area contributed by atoms with Crippen LogP contribution in [0.15, 0.2) is 36.5 Å². The number of pyridine rings is 1. The van der Waals surface area contributed by atoms with E-state index in [1.165, 1.54) is 0 Å². The number of aryl methyl sites for hydroxylation is 1. The van der Waals surface area contributed by atoms with Crippen molar-refractivity contribution in [1.82, 2.24) is 9.38 Å². The van der Waals surface area contributed by atoms with Crippen LogP contribution in [-0.2, 0) is 0 Å². The lowest BCUT2D eigenvalue weighted by atomic mass is 10.1. The first kappa shape index (κ1) is 14.4. The Morgan fingerprint density at radius 3 is 2.57 bits per heavy atom. The van der Waals surface area contributed by atoms with E-state index >= 15 is 0 Å². The third-order valence-electron chi connectivity index (χ3n) is 3.39. The van der Waals surface area contributed by atoms with E-state index in [0.717, 1.165) is 22.5 Å². The lowest BCUT2D eigenvalue weighted by molar-refractivity contribution is 0.194. The zero-order chi connectivity index (χ0) is 15.1. The van der Waals surface area contributed by atoms with Crippen LogP contribution < -0.4 is 0 Å². The molecule has 3 rings (SSSR count). The number of aliphatic hydroxyl groups is 1. The third kappa shape index (κ3) is 2.53. The van der Waals surface area contributed by atoms with Crippen LogP contribution >= 0.6 is 23.2 Å². The molecule has 1 unspecified atom stereocenters. The summed E-state index contributed by atoms with van der Waals surface area (Å²) in [6.45, 7) is 3.73. The molecule has 5 heteroatoms. The minimum Gasteiger partial charge on any atom is -0.387 e. The summed E-state index contributed by atoms with van der Waals surface area (Å²) in [5, 5.41) is 11.1. The molecule has 0 aliphatic carbocycles. The second kappa shape index (κ2) is 5.34. The van der Waals surface area contributed by atoms with Crippen molar-refractivity contribution in [2.45, 2.75) is 20.0 Å². The number of benzene rings is 1. The van der Waals surface area contributed by atoms with Gasteiger partial charge in [-0.3, -0.25) is 0 Å². The number of nitrogens with zero attached hydrogens (tertiary/aromatic N) is 2. The monoisotopic (exact) mass is 320 g/mol. The first-order valence-electron chi connectivity index (χ1n) is 6.59. The molecule has 0 saturated carbocycles. The van der Waals surface area contributed by atoms with Gasteiger partial charge >= 0.3 is 0 Å². The number of aromatic nitrogens is 2. The second-order valence-electron chi connectivity index (χ2n) is 5.09. The molecule has 0 amide bonds. The van der Waals surface area contributed by atoms with E-state index in [1.807, 2.05) is 35.7 Å². The number of hydrogen-bond donors (Lipinski definition) is 1. The van der Waals surface area contributed by atoms with Crippen LogP contribution in [0.3, 0.4) is 0 Å². The number of aliphatic hydroxyl groups excluding tert-OH is 1. The summed E-state index contributed by atoms with van der Waals surface area (Å²) in [5.74, 6) is 0. The number of rotatable bonds is 2. The summed E-state index contributed by atoms with van der Waals surface area (Å²) in [6, 6.07) is 9.29. The van der Waals surface area contributed by atoms with Gasteiger partial charge in [0.15, 0.2) is 0 Å². The SMILES string of the molecule is Cc1ccc2nc(-c3ccc(Cl)c(Cl)c3)c(C(C)O)n2c1. The Morgan fingerprint density at radius 2 is 1.90 bits per heavy atom. The summed E-state index contributed by atoms with van der Waals surface area (Å²) in [4.78, 5) is 4.62. The Morgan fingerprint density at radius 1 is 1.14 bits per heavy atom. The molecule has 0 spiro atoms. The average molecular weight is 321 g/mol. The maximum Gasteiger partial charge on any atom is 0.137 e. The summed E-state index contributed by atoms with van der Waals surface area (Å²) in [7, 11) is 0. The zero-order valence-electron chi connectivity index (χ0n) is 11.6. The van der Waals surface area contributed by atoms with Gasteiger partial charge in [0.05, 0.1) is 27.5 Å². The maximum atomic E-state index is 10.1. The Balaban J connectivity index is 2.30. The molecule has 1 N–H and O–H groups in total. The number of fused-ring (bicyclic) bond motifs is 1. The number of halogens is 2. The van der Waals surface area contributed by atoms with E-state index in [1.54, 1.807) is 19.1 Å². The molecule has 0 saturated heterocycles. The molecule has 0 radical (unpaired) electrons. The Hall–Kier alpha value is -1.55. The maximum absolute atomic E-state index is 10.1. The summed E-state index contributed by atoms with van der Waals surface area (Å²) >= 11 is 12.1. The Labute approximate surface area is 132 Å². The van der Waals surface area contributed by atoms with E-state index < -0.39 is 6.10 Å². The van der Waals surface area contributed by atoms with Gasteiger partial charge in [-0.2, -0.15) is 0 Å². The lowest BCUT2D eigenvalue weighted by Gasteiger charge is -2.09. The predicted octanol–water partition coefficient (Wildman–Crippen LogP) is 4.67. The van der Waals surface area contributed by atoms with Crippen LogP contribution in [0, 0.1) is 6.92 Å². The van der Waals surface area contributed by atoms with Gasteiger partial charge < -0.3 is 9.51 Å². The van der Waals surface area contributed by atoms with Crippen molar-refractivity contribution in [3.63, 3.8) is 0 Å². The fraction of sp³-hybridized carbons (Fsp3) is 0.188. The van der Waals surface area contributed by atoms with Gasteiger partial charge in [0.25, 0.3) is 0 Å². The van der Waals surface area contributed by atoms with Crippen molar-refractivity contribution in [2.75, 3.05) is 0 Å². The largest absolute Gasteiger partial charge is 0.387 e. The fourth-order valence-corrected chi connectivity index (χ4v) is 2.72. The quantitative estimate of drug-likeness (QED) is 0.745. The van der Waals surface area contributed by atoms with Gasteiger partial charge in [0.1, 0.15) is 5.65 Å². The molecule has 108 valence electrons. The highest BCUT2D eigenvalue weighted by atomic mass is 35.5. The number of hydrogen-bond acceptors (Lipinski definition) is 2. The van der Waals surface area contributed by atoms with Gasteiger partial charge in [-0.15, -0.1) is 0 Å². The van der Waals surface area contributed by atoms with E-state index in [-0.39, 0.29) is 0 Å². The molecular weight excluding hydrogens is 307 g/mol. The third-order valence-corrected chi connectivity index (χ3v) is 4.13. The smallest absolute Gasteiger partial charge is 0.137 e. The molecule has 0 bridgehead atoms. The van der Waals surface area contributed by atoms with Gasteiger partial charge in [-0.1, -0.05) is 35.3 Å². The molecule has 2 heterocycles. The highest BCUT2D eigenvalue weighted by molar-refractivity contribution is 6.42. The van der Waals surface area contributed by atoms with E-state index in [0.29, 0.717) is 15.7 Å². The molecule has 3 nitrogen and oxygen atoms in total. The minimum atomic E-state index is -0.647. The molecule has 2 aromatic heterocycles. The second-order valence-corrected chi connectivity index (χ2v) is 5.90. The average Bonchev–Trinajstić information content (AvgIpc) is 2.80. The molecule has 1 atom stereocenters. The topological polar surface area (TPSA) is 37.5 Å². The Bertz CT molecular complexity index is 825. The van der Waals surface area contributed by atoms with Crippen LogP contribution in [0.25, 0.3) is 16.9 Å². The van der Waals surface area contributed by atoms with E-state index in [2.05, 4.69) is 4.98 Å². The van der Waals surface area contributed by atoms with Crippen molar-refractivity contribution in [3.05, 3.63) is 57.8 Å². The molecule has 0 aliphatic heterocycles. The first-order valence-corrected chi connectivity index (χ1v) is 7.35. The van der Waals surface area contributed by atoms with Gasteiger partial charge in [0, 0.05) is 11.8 Å². The highest BCUT2D eigenvalue weighted by Gasteiger charge is 2.18. The lowest BCUT2D eigenvalue weighted by Crippen LogP contribution is -1.99. The molecular formula is C16H14Cl2N2O. The van der Waals surface area contributed by atoms with E-state index in [4.69, 9.17) is 23.2 Å². The normalized spacial score (nSPS) is 12.8. The number of imidazole rings is 1. The van der Waals surface area contributed by atoms with Crippen LogP contribution in [0.5, 0.6) is 0 Å². The van der Waals surface area contributed by atoms with Gasteiger partial charge in [0.2, 0.25) is 0 Å². The van der Waals surface area contributed by atoms with Crippen molar-refractivity contribution >= 4 is 28.8 Å². The predicted molar refractivity (Wildman–Crippen MR) is 86.0 cm³/mol. The molecule has 1 aromatic carbocycles. The van der Waals surface area contributed by atoms with E-state index in [9.17, 15) is 5.11 Å². The van der Waals surface area contributed by atoms with Crippen LogP contribution in [0.1, 0.15) is 24.3 Å². The summed E-state index contributed by atoms with van der Waals surface area (Å²) in [6.07, 6.45) is 1.32. The van der Waals surface area contributed by atoms with Crippen molar-refractivity contribution in [2.24, 2.45) is 0 Å². The standard InChI is InChI=1S/C16H14Cl2N2O/c1-9-3-6-14-19-15(16(10(2)21)20(14)8-9)11-4-5-12(17)13(18)7-11/h3-8,10,21H,1-2H3. The Kier molecular flexibility index (Phi) is 3.66. The summed E-state index contributed by atoms with van der Waals surface area (Å²) < 4.78 is 1.91. The molecule has 0 fully saturated rings. The molecule has 21 heavy (non-hydrogen) atoms. The van der Waals surface area contributed by atoms with Crippen molar-refractivity contribution < 1.29 is 5.11 Å². The first-order chi connectivity index (χ1) is 9.97. The van der Waals surface area contributed by atoms with Gasteiger partial charge in [-0.25, -0.2) is 4.98 Å².